The van der Waals surface area contributed by atoms with Gasteiger partial charge in [0.25, 0.3) is 0 Å². The van der Waals surface area contributed by atoms with E-state index in [0.717, 1.165) is 37.2 Å². The topological polar surface area (TPSA) is 29.5 Å². The van der Waals surface area contributed by atoms with Crippen LogP contribution in [0.2, 0.25) is 5.02 Å². The predicted octanol–water partition coefficient (Wildman–Crippen LogP) is 4.70. The molecule has 2 aromatic carbocycles. The average Bonchev–Trinajstić information content (AvgIpc) is 2.59. The molecule has 0 unspecified atom stereocenters. The highest BCUT2D eigenvalue weighted by Crippen LogP contribution is 2.29. The van der Waals surface area contributed by atoms with Gasteiger partial charge in [0.2, 0.25) is 0 Å². The van der Waals surface area contributed by atoms with Crippen LogP contribution >= 0.6 is 23.5 Å². The molecule has 0 aromatic heterocycles. The molecule has 0 amide bonds. The normalized spacial score (nSPS) is 16.2. The first-order valence-electron chi connectivity index (χ1n) is 7.64. The second kappa shape index (κ2) is 7.86. The number of piperidine rings is 1. The highest BCUT2D eigenvalue weighted by atomic mass is 35.5. The van der Waals surface area contributed by atoms with E-state index in [1.807, 2.05) is 42.5 Å². The van der Waals surface area contributed by atoms with Crippen LogP contribution in [0.4, 0.5) is 0 Å². The monoisotopic (exact) mass is 347 g/mol. The standard InChI is InChI=1S/C18H18ClNO2S/c19-15-5-7-17(8-6-15)23-20-11-9-16(10-12-20)22-18-4-2-1-3-14(18)13-21/h1-8,13,16H,9-12H2. The van der Waals surface area contributed by atoms with Crippen molar-refractivity contribution in [2.45, 2.75) is 23.8 Å². The summed E-state index contributed by atoms with van der Waals surface area (Å²) in [5.41, 5.74) is 0.616. The minimum absolute atomic E-state index is 0.165. The molecule has 1 aliphatic rings. The maximum absolute atomic E-state index is 11.0. The van der Waals surface area contributed by atoms with Gasteiger partial charge in [-0.05, 0) is 61.2 Å². The third-order valence-corrected chi connectivity index (χ3v) is 5.15. The Balaban J connectivity index is 1.52. The van der Waals surface area contributed by atoms with Gasteiger partial charge in [0, 0.05) is 23.0 Å². The van der Waals surface area contributed by atoms with Gasteiger partial charge in [0.15, 0.2) is 6.29 Å². The molecular formula is C18H18ClNO2S. The SMILES string of the molecule is O=Cc1ccccc1OC1CCN(Sc2ccc(Cl)cc2)CC1. The van der Waals surface area contributed by atoms with E-state index in [4.69, 9.17) is 16.3 Å². The zero-order valence-corrected chi connectivity index (χ0v) is 14.2. The summed E-state index contributed by atoms with van der Waals surface area (Å²) < 4.78 is 8.35. The van der Waals surface area contributed by atoms with Crippen LogP contribution in [0.5, 0.6) is 5.75 Å². The van der Waals surface area contributed by atoms with Gasteiger partial charge in [-0.15, -0.1) is 0 Å². The summed E-state index contributed by atoms with van der Waals surface area (Å²) in [6.45, 7) is 1.92. The van der Waals surface area contributed by atoms with Crippen LogP contribution in [0.15, 0.2) is 53.4 Å². The number of hydrogen-bond donors (Lipinski definition) is 0. The number of carbonyl (C=O) groups is 1. The number of carbonyl (C=O) groups excluding carboxylic acids is 1. The summed E-state index contributed by atoms with van der Waals surface area (Å²) in [7, 11) is 0. The summed E-state index contributed by atoms with van der Waals surface area (Å²) in [5, 5.41) is 0.760. The zero-order chi connectivity index (χ0) is 16.1. The molecule has 0 bridgehead atoms. The maximum Gasteiger partial charge on any atom is 0.153 e. The molecule has 1 aliphatic heterocycles. The third kappa shape index (κ3) is 4.50. The Kier molecular flexibility index (Phi) is 5.60. The second-order valence-electron chi connectivity index (χ2n) is 5.45. The van der Waals surface area contributed by atoms with Gasteiger partial charge in [-0.2, -0.15) is 0 Å². The molecule has 0 N–H and O–H groups in total. The number of benzene rings is 2. The van der Waals surface area contributed by atoms with Crippen molar-refractivity contribution >= 4 is 29.8 Å². The van der Waals surface area contributed by atoms with Crippen molar-refractivity contribution in [3.05, 3.63) is 59.1 Å². The quantitative estimate of drug-likeness (QED) is 0.579. The van der Waals surface area contributed by atoms with Gasteiger partial charge in [0.1, 0.15) is 11.9 Å². The number of halogens is 1. The molecule has 0 spiro atoms. The largest absolute Gasteiger partial charge is 0.490 e. The molecule has 2 aromatic rings. The fourth-order valence-electron chi connectivity index (χ4n) is 2.55. The molecule has 1 heterocycles. The van der Waals surface area contributed by atoms with Crippen LogP contribution in [0.3, 0.4) is 0 Å². The van der Waals surface area contributed by atoms with Crippen molar-refractivity contribution in [3.63, 3.8) is 0 Å². The first-order chi connectivity index (χ1) is 11.2. The van der Waals surface area contributed by atoms with Gasteiger partial charge in [-0.3, -0.25) is 4.79 Å². The Bertz CT molecular complexity index is 654. The summed E-state index contributed by atoms with van der Waals surface area (Å²) in [6, 6.07) is 15.3. The highest BCUT2D eigenvalue weighted by Gasteiger charge is 2.22. The Morgan fingerprint density at radius 2 is 1.78 bits per heavy atom. The number of para-hydroxylation sites is 1. The molecule has 5 heteroatoms. The van der Waals surface area contributed by atoms with E-state index in [9.17, 15) is 4.79 Å². The van der Waals surface area contributed by atoms with Crippen LogP contribution in [-0.4, -0.2) is 29.8 Å². The van der Waals surface area contributed by atoms with Crippen LogP contribution in [-0.2, 0) is 0 Å². The van der Waals surface area contributed by atoms with Gasteiger partial charge in [-0.1, -0.05) is 23.7 Å². The predicted molar refractivity (Wildman–Crippen MR) is 94.4 cm³/mol. The van der Waals surface area contributed by atoms with E-state index in [-0.39, 0.29) is 6.10 Å². The Hall–Kier alpha value is -1.49. The number of rotatable bonds is 5. The van der Waals surface area contributed by atoms with E-state index in [1.54, 1.807) is 18.0 Å². The van der Waals surface area contributed by atoms with Gasteiger partial charge >= 0.3 is 0 Å². The molecule has 120 valence electrons. The molecule has 3 rings (SSSR count). The zero-order valence-electron chi connectivity index (χ0n) is 12.7. The van der Waals surface area contributed by atoms with E-state index >= 15 is 0 Å². The third-order valence-electron chi connectivity index (χ3n) is 3.79. The Morgan fingerprint density at radius 3 is 2.48 bits per heavy atom. The molecule has 0 radical (unpaired) electrons. The lowest BCUT2D eigenvalue weighted by Crippen LogP contribution is -2.34. The fraction of sp³-hybridized carbons (Fsp3) is 0.278. The van der Waals surface area contributed by atoms with E-state index in [1.165, 1.54) is 4.90 Å². The highest BCUT2D eigenvalue weighted by molar-refractivity contribution is 7.97. The van der Waals surface area contributed by atoms with Crippen LogP contribution in [0.1, 0.15) is 23.2 Å². The lowest BCUT2D eigenvalue weighted by Gasteiger charge is -2.31. The van der Waals surface area contributed by atoms with Crippen LogP contribution in [0, 0.1) is 0 Å². The molecule has 0 saturated carbocycles. The summed E-state index contributed by atoms with van der Waals surface area (Å²) >= 11 is 7.66. The molecule has 1 fully saturated rings. The van der Waals surface area contributed by atoms with Crippen molar-refractivity contribution in [1.82, 2.24) is 4.31 Å². The molecule has 1 saturated heterocycles. The first kappa shape index (κ1) is 16.4. The molecular weight excluding hydrogens is 330 g/mol. The fourth-order valence-corrected chi connectivity index (χ4v) is 3.63. The number of aldehydes is 1. The van der Waals surface area contributed by atoms with Crippen molar-refractivity contribution in [2.24, 2.45) is 0 Å². The smallest absolute Gasteiger partial charge is 0.153 e. The number of hydrogen-bond acceptors (Lipinski definition) is 4. The maximum atomic E-state index is 11.0. The lowest BCUT2D eigenvalue weighted by molar-refractivity contribution is 0.110. The van der Waals surface area contributed by atoms with E-state index in [0.29, 0.717) is 11.3 Å². The molecule has 3 nitrogen and oxygen atoms in total. The Labute approximate surface area is 145 Å². The van der Waals surface area contributed by atoms with E-state index < -0.39 is 0 Å². The van der Waals surface area contributed by atoms with Crippen LogP contribution < -0.4 is 4.74 Å². The van der Waals surface area contributed by atoms with Gasteiger partial charge < -0.3 is 4.74 Å². The van der Waals surface area contributed by atoms with Crippen molar-refractivity contribution in [3.8, 4) is 5.75 Å². The van der Waals surface area contributed by atoms with Crippen LogP contribution in [0.25, 0.3) is 0 Å². The number of nitrogens with zero attached hydrogens (tertiary/aromatic N) is 1. The summed E-state index contributed by atoms with van der Waals surface area (Å²) in [4.78, 5) is 12.2. The number of ether oxygens (including phenoxy) is 1. The van der Waals surface area contributed by atoms with Gasteiger partial charge in [-0.25, -0.2) is 4.31 Å². The Morgan fingerprint density at radius 1 is 1.09 bits per heavy atom. The van der Waals surface area contributed by atoms with Gasteiger partial charge in [0.05, 0.1) is 5.56 Å². The second-order valence-corrected chi connectivity index (χ2v) is 7.05. The average molecular weight is 348 g/mol. The van der Waals surface area contributed by atoms with Crippen molar-refractivity contribution in [1.29, 1.82) is 0 Å². The van der Waals surface area contributed by atoms with Crippen molar-refractivity contribution < 1.29 is 9.53 Å². The lowest BCUT2D eigenvalue weighted by atomic mass is 10.1. The minimum atomic E-state index is 0.165. The summed E-state index contributed by atoms with van der Waals surface area (Å²) in [5.74, 6) is 0.686. The summed E-state index contributed by atoms with van der Waals surface area (Å²) in [6.07, 6.45) is 2.92. The molecule has 23 heavy (non-hydrogen) atoms. The first-order valence-corrected chi connectivity index (χ1v) is 8.79. The molecule has 0 atom stereocenters. The van der Waals surface area contributed by atoms with Crippen molar-refractivity contribution in [2.75, 3.05) is 13.1 Å². The molecule has 0 aliphatic carbocycles. The van der Waals surface area contributed by atoms with E-state index in [2.05, 4.69) is 4.31 Å². The minimum Gasteiger partial charge on any atom is -0.490 e.